The summed E-state index contributed by atoms with van der Waals surface area (Å²) in [5.41, 5.74) is 7.84. The van der Waals surface area contributed by atoms with Crippen molar-refractivity contribution in [3.05, 3.63) is 29.8 Å². The monoisotopic (exact) mass is 289 g/mol. The van der Waals surface area contributed by atoms with Crippen LogP contribution in [-0.4, -0.2) is 35.0 Å². The summed E-state index contributed by atoms with van der Waals surface area (Å²) in [5.74, 6) is 5.45. The van der Waals surface area contributed by atoms with E-state index in [1.165, 1.54) is 0 Å². The van der Waals surface area contributed by atoms with Gasteiger partial charge in [-0.2, -0.15) is 15.0 Å². The average Bonchev–Trinajstić information content (AvgIpc) is 2.47. The number of benzene rings is 1. The summed E-state index contributed by atoms with van der Waals surface area (Å²) in [6.07, 6.45) is 0. The number of amides is 1. The van der Waals surface area contributed by atoms with Crippen molar-refractivity contribution in [2.75, 3.05) is 24.4 Å². The Balaban J connectivity index is 2.40. The summed E-state index contributed by atoms with van der Waals surface area (Å²) in [7, 11) is 3.52. The molecule has 0 unspecified atom stereocenters. The zero-order valence-corrected chi connectivity index (χ0v) is 11.6. The highest BCUT2D eigenvalue weighted by Crippen LogP contribution is 2.23. The molecule has 2 aromatic rings. The molecule has 0 aliphatic heterocycles. The second kappa shape index (κ2) is 6.01. The molecule has 0 aliphatic carbocycles. The summed E-state index contributed by atoms with van der Waals surface area (Å²) in [5, 5.41) is 0. The summed E-state index contributed by atoms with van der Waals surface area (Å²) in [6.45, 7) is 0. The number of hydrazine groups is 1. The van der Waals surface area contributed by atoms with Gasteiger partial charge < -0.3 is 15.4 Å². The second-order valence-electron chi connectivity index (χ2n) is 4.24. The van der Waals surface area contributed by atoms with Gasteiger partial charge in [-0.25, -0.2) is 5.84 Å². The fourth-order valence-corrected chi connectivity index (χ4v) is 1.51. The van der Waals surface area contributed by atoms with Crippen LogP contribution in [0.2, 0.25) is 0 Å². The van der Waals surface area contributed by atoms with Crippen LogP contribution in [0, 0.1) is 0 Å². The van der Waals surface area contributed by atoms with Gasteiger partial charge in [0.1, 0.15) is 5.75 Å². The second-order valence-corrected chi connectivity index (χ2v) is 4.24. The van der Waals surface area contributed by atoms with Crippen LogP contribution in [0.25, 0.3) is 0 Å². The van der Waals surface area contributed by atoms with Crippen LogP contribution < -0.4 is 26.6 Å². The number of nitrogens with one attached hydrogen (secondary N) is 1. The van der Waals surface area contributed by atoms with Crippen molar-refractivity contribution in [1.29, 1.82) is 0 Å². The molecule has 9 nitrogen and oxygen atoms in total. The Kier molecular flexibility index (Phi) is 4.14. The minimum atomic E-state index is -0.607. The van der Waals surface area contributed by atoms with E-state index in [0.717, 1.165) is 0 Å². The molecule has 2 rings (SSSR count). The zero-order chi connectivity index (χ0) is 15.4. The predicted octanol–water partition coefficient (Wildman–Crippen LogP) is 0.114. The molecule has 9 heteroatoms. The molecule has 1 aromatic heterocycles. The van der Waals surface area contributed by atoms with Crippen LogP contribution in [0.3, 0.4) is 0 Å². The van der Waals surface area contributed by atoms with E-state index in [0.29, 0.717) is 5.95 Å². The largest absolute Gasteiger partial charge is 0.423 e. The molecule has 21 heavy (non-hydrogen) atoms. The van der Waals surface area contributed by atoms with Crippen LogP contribution in [0.5, 0.6) is 11.8 Å². The van der Waals surface area contributed by atoms with Gasteiger partial charge >= 0.3 is 6.01 Å². The molecule has 0 spiro atoms. The minimum Gasteiger partial charge on any atom is -0.423 e. The lowest BCUT2D eigenvalue weighted by atomic mass is 10.2. The number of nitrogens with two attached hydrogens (primary N) is 2. The van der Waals surface area contributed by atoms with E-state index in [2.05, 4.69) is 20.4 Å². The first-order valence-corrected chi connectivity index (χ1v) is 5.98. The number of nitrogen functional groups attached to an aromatic ring is 1. The first-order valence-electron chi connectivity index (χ1n) is 5.98. The van der Waals surface area contributed by atoms with Crippen LogP contribution >= 0.6 is 0 Å². The Hall–Kier alpha value is -2.94. The van der Waals surface area contributed by atoms with Crippen LogP contribution in [0.15, 0.2) is 24.3 Å². The lowest BCUT2D eigenvalue weighted by molar-refractivity contribution is 0.0998. The topological polar surface area (TPSA) is 132 Å². The quantitative estimate of drug-likeness (QED) is 0.522. The number of anilines is 2. The third kappa shape index (κ3) is 3.34. The Bertz CT molecular complexity index is 660. The van der Waals surface area contributed by atoms with Crippen molar-refractivity contribution in [3.63, 3.8) is 0 Å². The van der Waals surface area contributed by atoms with E-state index in [4.69, 9.17) is 16.3 Å². The number of aromatic nitrogens is 3. The Morgan fingerprint density at radius 2 is 1.95 bits per heavy atom. The number of nitrogens with zero attached hydrogens (tertiary/aromatic N) is 4. The molecule has 0 saturated heterocycles. The highest BCUT2D eigenvalue weighted by Gasteiger charge is 2.13. The number of hydrogen-bond acceptors (Lipinski definition) is 8. The first-order chi connectivity index (χ1) is 10.0. The molecule has 0 atom stereocenters. The van der Waals surface area contributed by atoms with Crippen molar-refractivity contribution in [3.8, 4) is 11.8 Å². The number of ether oxygens (including phenoxy) is 1. The van der Waals surface area contributed by atoms with Crippen LogP contribution in [0.4, 0.5) is 11.9 Å². The molecule has 0 fully saturated rings. The van der Waals surface area contributed by atoms with Gasteiger partial charge in [0.05, 0.1) is 5.56 Å². The predicted molar refractivity (Wildman–Crippen MR) is 77.0 cm³/mol. The zero-order valence-electron chi connectivity index (χ0n) is 11.6. The summed E-state index contributed by atoms with van der Waals surface area (Å²) in [6, 6.07) is 6.52. The molecule has 0 bridgehead atoms. The van der Waals surface area contributed by atoms with E-state index in [9.17, 15) is 4.79 Å². The standard InChI is InChI=1S/C12H15N7O2/c1-19(2)11-15-10(18-14)16-12(17-11)21-8-6-4-3-5-7(8)9(13)20/h3-6H,14H2,1-2H3,(H2,13,20)(H,15,16,17,18). The van der Waals surface area contributed by atoms with Gasteiger partial charge in [-0.15, -0.1) is 0 Å². The highest BCUT2D eigenvalue weighted by atomic mass is 16.5. The van der Waals surface area contributed by atoms with Crippen molar-refractivity contribution < 1.29 is 9.53 Å². The van der Waals surface area contributed by atoms with E-state index >= 15 is 0 Å². The highest BCUT2D eigenvalue weighted by molar-refractivity contribution is 5.95. The Morgan fingerprint density at radius 1 is 1.24 bits per heavy atom. The number of para-hydroxylation sites is 1. The number of carbonyl (C=O) groups excluding carboxylic acids is 1. The van der Waals surface area contributed by atoms with Gasteiger partial charge in [-0.3, -0.25) is 10.2 Å². The summed E-state index contributed by atoms with van der Waals surface area (Å²) in [4.78, 5) is 25.1. The van der Waals surface area contributed by atoms with Crippen LogP contribution in [0.1, 0.15) is 10.4 Å². The van der Waals surface area contributed by atoms with Crippen molar-refractivity contribution in [2.45, 2.75) is 0 Å². The number of hydrogen-bond donors (Lipinski definition) is 3. The lowest BCUT2D eigenvalue weighted by Gasteiger charge is -2.13. The first kappa shape index (κ1) is 14.5. The summed E-state index contributed by atoms with van der Waals surface area (Å²) >= 11 is 0. The van der Waals surface area contributed by atoms with Crippen molar-refractivity contribution in [1.82, 2.24) is 15.0 Å². The van der Waals surface area contributed by atoms with Gasteiger partial charge in [-0.1, -0.05) is 12.1 Å². The fourth-order valence-electron chi connectivity index (χ4n) is 1.51. The van der Waals surface area contributed by atoms with E-state index < -0.39 is 5.91 Å². The van der Waals surface area contributed by atoms with Crippen molar-refractivity contribution in [2.24, 2.45) is 11.6 Å². The number of carbonyl (C=O) groups is 1. The minimum absolute atomic E-state index is 0.00431. The maximum Gasteiger partial charge on any atom is 0.328 e. The normalized spacial score (nSPS) is 10.0. The molecule has 0 radical (unpaired) electrons. The Labute approximate surface area is 120 Å². The lowest BCUT2D eigenvalue weighted by Crippen LogP contribution is -2.18. The third-order valence-corrected chi connectivity index (χ3v) is 2.49. The van der Waals surface area contributed by atoms with Gasteiger partial charge in [0, 0.05) is 14.1 Å². The van der Waals surface area contributed by atoms with Gasteiger partial charge in [0.2, 0.25) is 11.9 Å². The van der Waals surface area contributed by atoms with Crippen LogP contribution in [-0.2, 0) is 0 Å². The molecule has 5 N–H and O–H groups in total. The molecular formula is C12H15N7O2. The van der Waals surface area contributed by atoms with E-state index in [1.54, 1.807) is 43.3 Å². The van der Waals surface area contributed by atoms with Gasteiger partial charge in [0.15, 0.2) is 0 Å². The number of primary amides is 1. The van der Waals surface area contributed by atoms with Crippen molar-refractivity contribution >= 4 is 17.8 Å². The molecule has 0 aliphatic rings. The molecule has 1 aromatic carbocycles. The number of rotatable bonds is 5. The van der Waals surface area contributed by atoms with E-state index in [-0.39, 0.29) is 23.3 Å². The Morgan fingerprint density at radius 3 is 2.57 bits per heavy atom. The molecule has 1 amide bonds. The van der Waals surface area contributed by atoms with E-state index in [1.807, 2.05) is 0 Å². The SMILES string of the molecule is CN(C)c1nc(NN)nc(Oc2ccccc2C(N)=O)n1. The molecule has 110 valence electrons. The third-order valence-electron chi connectivity index (χ3n) is 2.49. The molecular weight excluding hydrogens is 274 g/mol. The smallest absolute Gasteiger partial charge is 0.328 e. The fraction of sp³-hybridized carbons (Fsp3) is 0.167. The van der Waals surface area contributed by atoms with Gasteiger partial charge in [-0.05, 0) is 12.1 Å². The summed E-state index contributed by atoms with van der Waals surface area (Å²) < 4.78 is 5.52. The molecule has 1 heterocycles. The average molecular weight is 289 g/mol. The maximum absolute atomic E-state index is 11.4. The maximum atomic E-state index is 11.4. The molecule has 0 saturated carbocycles. The van der Waals surface area contributed by atoms with Gasteiger partial charge in [0.25, 0.3) is 5.91 Å².